The van der Waals surface area contributed by atoms with Crippen LogP contribution >= 0.6 is 0 Å². The highest BCUT2D eigenvalue weighted by molar-refractivity contribution is 6.03. The topological polar surface area (TPSA) is 102 Å². The molecule has 0 amide bonds. The highest BCUT2D eigenvalue weighted by Gasteiger charge is 2.19. The van der Waals surface area contributed by atoms with Crippen LogP contribution in [0.25, 0.3) is 10.9 Å². The van der Waals surface area contributed by atoms with Gasteiger partial charge in [-0.1, -0.05) is 12.6 Å². The van der Waals surface area contributed by atoms with Crippen molar-refractivity contribution < 1.29 is 14.6 Å². The molecule has 7 nitrogen and oxygen atoms in total. The van der Waals surface area contributed by atoms with Crippen LogP contribution in [0.5, 0.6) is 0 Å². The number of nitrogens with one attached hydrogen (secondary N) is 1. The molecule has 1 aromatic carbocycles. The van der Waals surface area contributed by atoms with E-state index in [0.717, 1.165) is 36.6 Å². The quantitative estimate of drug-likeness (QED) is 0.419. The van der Waals surface area contributed by atoms with Gasteiger partial charge in [-0.2, -0.15) is 0 Å². The normalized spacial score (nSPS) is 20.4. The van der Waals surface area contributed by atoms with E-state index in [1.54, 1.807) is 18.2 Å². The van der Waals surface area contributed by atoms with Crippen molar-refractivity contribution >= 4 is 22.7 Å². The number of hydrogen-bond acceptors (Lipinski definition) is 6. The molecule has 0 spiro atoms. The Morgan fingerprint density at radius 1 is 1.36 bits per heavy atom. The molecule has 1 saturated carbocycles. The van der Waals surface area contributed by atoms with Crippen molar-refractivity contribution in [2.45, 2.75) is 37.8 Å². The fourth-order valence-electron chi connectivity index (χ4n) is 3.46. The zero-order valence-electron chi connectivity index (χ0n) is 16.0. The van der Waals surface area contributed by atoms with E-state index < -0.39 is 5.97 Å². The first-order valence-corrected chi connectivity index (χ1v) is 9.32. The van der Waals surface area contributed by atoms with Crippen molar-refractivity contribution in [3.05, 3.63) is 60.7 Å². The van der Waals surface area contributed by atoms with E-state index in [1.807, 2.05) is 22.9 Å². The van der Waals surface area contributed by atoms with E-state index in [2.05, 4.69) is 16.9 Å². The molecule has 1 aliphatic carbocycles. The van der Waals surface area contributed by atoms with Crippen molar-refractivity contribution in [3.8, 4) is 0 Å². The lowest BCUT2D eigenvalue weighted by atomic mass is 9.93. The van der Waals surface area contributed by atoms with Crippen LogP contribution in [0.2, 0.25) is 0 Å². The fraction of sp³-hybridized carbons (Fsp3) is 0.333. The Balaban J connectivity index is 1.88. The second-order valence-electron chi connectivity index (χ2n) is 6.88. The van der Waals surface area contributed by atoms with Gasteiger partial charge in [-0.3, -0.25) is 0 Å². The summed E-state index contributed by atoms with van der Waals surface area (Å²) >= 11 is 0. The van der Waals surface area contributed by atoms with Crippen LogP contribution in [0, 0.1) is 0 Å². The van der Waals surface area contributed by atoms with Gasteiger partial charge in [-0.05, 0) is 56.2 Å². The van der Waals surface area contributed by atoms with Gasteiger partial charge in [0.05, 0.1) is 24.3 Å². The maximum Gasteiger partial charge on any atom is 0.337 e. The minimum atomic E-state index is -0.395. The molecule has 0 saturated heterocycles. The third kappa shape index (κ3) is 4.43. The molecule has 148 valence electrons. The predicted octanol–water partition coefficient (Wildman–Crippen LogP) is 2.51. The number of carbonyl (C=O) groups excluding carboxylic acids is 1. The number of aliphatic hydroxyl groups is 1. The van der Waals surface area contributed by atoms with Crippen molar-refractivity contribution in [1.29, 1.82) is 0 Å². The van der Waals surface area contributed by atoms with Crippen molar-refractivity contribution in [2.75, 3.05) is 7.11 Å². The zero-order chi connectivity index (χ0) is 20.1. The van der Waals surface area contributed by atoms with Crippen LogP contribution in [-0.2, 0) is 4.74 Å². The van der Waals surface area contributed by atoms with Gasteiger partial charge in [0.25, 0.3) is 0 Å². The summed E-state index contributed by atoms with van der Waals surface area (Å²) in [5.41, 5.74) is 6.90. The average molecular weight is 382 g/mol. The Bertz CT molecular complexity index is 921. The van der Waals surface area contributed by atoms with E-state index >= 15 is 0 Å². The monoisotopic (exact) mass is 382 g/mol. The van der Waals surface area contributed by atoms with Gasteiger partial charge in [0, 0.05) is 17.6 Å². The summed E-state index contributed by atoms with van der Waals surface area (Å²) in [6.07, 6.45) is 8.08. The maximum atomic E-state index is 11.9. The molecule has 7 heteroatoms. The van der Waals surface area contributed by atoms with Crippen LogP contribution in [0.15, 0.2) is 60.1 Å². The van der Waals surface area contributed by atoms with Crippen molar-refractivity contribution in [3.63, 3.8) is 0 Å². The number of aliphatic imine (C=N–C) groups is 1. The van der Waals surface area contributed by atoms with E-state index in [9.17, 15) is 9.90 Å². The number of carbonyl (C=O) groups is 1. The molecule has 1 aromatic heterocycles. The Morgan fingerprint density at radius 2 is 2.11 bits per heavy atom. The number of nitrogens with zero attached hydrogens (tertiary/aromatic N) is 2. The number of rotatable bonds is 5. The number of hydrogen-bond donors (Lipinski definition) is 3. The van der Waals surface area contributed by atoms with Crippen LogP contribution in [0.4, 0.5) is 0 Å². The molecule has 2 aromatic rings. The lowest BCUT2D eigenvalue weighted by molar-refractivity contribution is 0.0601. The minimum Gasteiger partial charge on any atom is -0.465 e. The molecule has 4 N–H and O–H groups in total. The first-order valence-electron chi connectivity index (χ1n) is 9.32. The largest absolute Gasteiger partial charge is 0.465 e. The fourth-order valence-corrected chi connectivity index (χ4v) is 3.46. The highest BCUT2D eigenvalue weighted by Crippen LogP contribution is 2.21. The smallest absolute Gasteiger partial charge is 0.337 e. The molecule has 0 unspecified atom stereocenters. The summed E-state index contributed by atoms with van der Waals surface area (Å²) in [6, 6.07) is 7.54. The number of aromatic nitrogens is 1. The number of methoxy groups -OCH3 is 1. The molecule has 0 radical (unpaired) electrons. The lowest BCUT2D eigenvalue weighted by Crippen LogP contribution is -2.33. The summed E-state index contributed by atoms with van der Waals surface area (Å²) in [6.45, 7) is 4.02. The molecule has 28 heavy (non-hydrogen) atoms. The maximum absolute atomic E-state index is 11.9. The van der Waals surface area contributed by atoms with Crippen LogP contribution < -0.4 is 11.1 Å². The summed E-state index contributed by atoms with van der Waals surface area (Å²) in [7, 11) is 1.36. The molecule has 0 bridgehead atoms. The zero-order valence-corrected chi connectivity index (χ0v) is 16.0. The number of fused-ring (bicyclic) bond motifs is 1. The Morgan fingerprint density at radius 3 is 2.79 bits per heavy atom. The Kier molecular flexibility index (Phi) is 6.16. The van der Waals surface area contributed by atoms with Gasteiger partial charge in [0.2, 0.25) is 0 Å². The molecule has 0 aliphatic heterocycles. The van der Waals surface area contributed by atoms with Gasteiger partial charge in [-0.25, -0.2) is 9.79 Å². The van der Waals surface area contributed by atoms with Crippen LogP contribution in [0.3, 0.4) is 0 Å². The molecule has 0 atom stereocenters. The summed E-state index contributed by atoms with van der Waals surface area (Å²) < 4.78 is 6.66. The number of ether oxygens (including phenoxy) is 1. The van der Waals surface area contributed by atoms with Gasteiger partial charge >= 0.3 is 5.97 Å². The van der Waals surface area contributed by atoms with Crippen molar-refractivity contribution in [1.82, 2.24) is 9.88 Å². The highest BCUT2D eigenvalue weighted by atomic mass is 16.5. The first kappa shape index (κ1) is 19.7. The molecular formula is C21H26N4O3. The predicted molar refractivity (Wildman–Crippen MR) is 110 cm³/mol. The van der Waals surface area contributed by atoms with E-state index in [1.165, 1.54) is 13.3 Å². The molecule has 1 fully saturated rings. The van der Waals surface area contributed by atoms with Crippen LogP contribution in [0.1, 0.15) is 36.0 Å². The van der Waals surface area contributed by atoms with Crippen LogP contribution in [-0.4, -0.2) is 40.7 Å². The van der Waals surface area contributed by atoms with E-state index in [4.69, 9.17) is 10.5 Å². The standard InChI is InChI=1S/C21H26N4O3/c1-14(23-17-5-7-18(26)8-6-17)24-20(9-11-22)25-12-10-15-3-4-16(13-19(15)25)21(27)28-2/h3-4,9-13,17-18,23,26H,1,5-8,22H2,2H3/b11-9-,24-20?. The Hall–Kier alpha value is -3.06. The summed E-state index contributed by atoms with van der Waals surface area (Å²) in [4.78, 5) is 16.5. The number of aliphatic hydroxyl groups excluding tert-OH is 1. The molecule has 1 heterocycles. The average Bonchev–Trinajstić information content (AvgIpc) is 3.12. The lowest BCUT2D eigenvalue weighted by Gasteiger charge is -2.26. The van der Waals surface area contributed by atoms with Gasteiger partial charge in [0.1, 0.15) is 11.7 Å². The van der Waals surface area contributed by atoms with Gasteiger partial charge in [0.15, 0.2) is 0 Å². The van der Waals surface area contributed by atoms with Crippen molar-refractivity contribution in [2.24, 2.45) is 10.7 Å². The minimum absolute atomic E-state index is 0.208. The number of nitrogens with two attached hydrogens (primary N) is 1. The molecular weight excluding hydrogens is 356 g/mol. The first-order chi connectivity index (χ1) is 13.5. The number of benzene rings is 1. The summed E-state index contributed by atoms with van der Waals surface area (Å²) in [5, 5.41) is 13.9. The Labute approximate surface area is 164 Å². The number of allylic oxidation sites excluding steroid dienone is 1. The second kappa shape index (κ2) is 8.75. The third-order valence-corrected chi connectivity index (χ3v) is 4.92. The SMILES string of the molecule is C=C(N=C(/C=C\N)n1ccc2ccc(C(=O)OC)cc21)NC1CCC(O)CC1. The summed E-state index contributed by atoms with van der Waals surface area (Å²) in [5.74, 6) is 0.710. The second-order valence-corrected chi connectivity index (χ2v) is 6.88. The van der Waals surface area contributed by atoms with Gasteiger partial charge in [-0.15, -0.1) is 0 Å². The van der Waals surface area contributed by atoms with E-state index in [0.29, 0.717) is 17.2 Å². The van der Waals surface area contributed by atoms with E-state index in [-0.39, 0.29) is 12.1 Å². The number of esters is 1. The molecule has 1 aliphatic rings. The molecule has 3 rings (SSSR count). The third-order valence-electron chi connectivity index (χ3n) is 4.92. The van der Waals surface area contributed by atoms with Gasteiger partial charge < -0.3 is 25.5 Å².